The topological polar surface area (TPSA) is 83.5 Å². The molecule has 0 bridgehead atoms. The molecular formula is C21H33NO7. The predicted octanol–water partition coefficient (Wildman–Crippen LogP) is 1.66. The molecule has 1 atom stereocenters. The van der Waals surface area contributed by atoms with Crippen molar-refractivity contribution >= 4 is 11.9 Å². The maximum absolute atomic E-state index is 11.3. The summed E-state index contributed by atoms with van der Waals surface area (Å²) in [6, 6.07) is 10.0. The summed E-state index contributed by atoms with van der Waals surface area (Å²) in [7, 11) is 4.66. The van der Waals surface area contributed by atoms with Crippen molar-refractivity contribution in [2.24, 2.45) is 0 Å². The van der Waals surface area contributed by atoms with Gasteiger partial charge in [0.2, 0.25) is 0 Å². The number of nitrogens with zero attached hydrogens (tertiary/aromatic N) is 1. The SMILES string of the molecule is COC(=O)CCOCC(CN(C)CCOCc1ccccc1)OCCC(=O)OC. The van der Waals surface area contributed by atoms with E-state index >= 15 is 0 Å². The van der Waals surface area contributed by atoms with Crippen molar-refractivity contribution in [1.29, 1.82) is 0 Å². The zero-order chi connectivity index (χ0) is 21.3. The van der Waals surface area contributed by atoms with E-state index < -0.39 is 0 Å². The van der Waals surface area contributed by atoms with Crippen molar-refractivity contribution in [1.82, 2.24) is 4.90 Å². The quantitative estimate of drug-likeness (QED) is 0.300. The first-order valence-electron chi connectivity index (χ1n) is 9.68. The van der Waals surface area contributed by atoms with Gasteiger partial charge in [-0.2, -0.15) is 0 Å². The highest BCUT2D eigenvalue weighted by atomic mass is 16.5. The molecule has 1 aromatic rings. The van der Waals surface area contributed by atoms with Gasteiger partial charge in [-0.1, -0.05) is 30.3 Å². The number of likely N-dealkylation sites (N-methyl/N-ethyl adjacent to an activating group) is 1. The van der Waals surface area contributed by atoms with Crippen LogP contribution in [-0.2, 0) is 39.9 Å². The maximum atomic E-state index is 11.3. The molecule has 0 aliphatic rings. The fourth-order valence-corrected chi connectivity index (χ4v) is 2.46. The summed E-state index contributed by atoms with van der Waals surface area (Å²) in [4.78, 5) is 24.5. The highest BCUT2D eigenvalue weighted by molar-refractivity contribution is 5.69. The molecule has 0 aliphatic carbocycles. The van der Waals surface area contributed by atoms with Crippen LogP contribution in [0.25, 0.3) is 0 Å². The lowest BCUT2D eigenvalue weighted by atomic mass is 10.2. The first kappa shape index (κ1) is 25.0. The van der Waals surface area contributed by atoms with E-state index in [-0.39, 0.29) is 44.1 Å². The van der Waals surface area contributed by atoms with Gasteiger partial charge >= 0.3 is 11.9 Å². The molecule has 1 aromatic carbocycles. The van der Waals surface area contributed by atoms with Crippen LogP contribution in [-0.4, -0.2) is 83.7 Å². The molecule has 0 N–H and O–H groups in total. The Morgan fingerprint density at radius 3 is 2.24 bits per heavy atom. The molecule has 8 nitrogen and oxygen atoms in total. The van der Waals surface area contributed by atoms with Crippen LogP contribution in [0.5, 0.6) is 0 Å². The fourth-order valence-electron chi connectivity index (χ4n) is 2.46. The molecule has 0 heterocycles. The van der Waals surface area contributed by atoms with Crippen molar-refractivity contribution in [2.45, 2.75) is 25.6 Å². The smallest absolute Gasteiger partial charge is 0.307 e. The van der Waals surface area contributed by atoms with Crippen LogP contribution < -0.4 is 0 Å². The highest BCUT2D eigenvalue weighted by Crippen LogP contribution is 2.03. The Morgan fingerprint density at radius 1 is 0.931 bits per heavy atom. The Labute approximate surface area is 173 Å². The van der Waals surface area contributed by atoms with Crippen LogP contribution >= 0.6 is 0 Å². The van der Waals surface area contributed by atoms with Gasteiger partial charge in [-0.25, -0.2) is 0 Å². The summed E-state index contributed by atoms with van der Waals surface area (Å²) in [5.41, 5.74) is 1.14. The average Bonchev–Trinajstić information content (AvgIpc) is 2.74. The summed E-state index contributed by atoms with van der Waals surface area (Å²) < 4.78 is 26.2. The normalized spacial score (nSPS) is 12.0. The zero-order valence-corrected chi connectivity index (χ0v) is 17.6. The van der Waals surface area contributed by atoms with Crippen molar-refractivity contribution < 1.29 is 33.3 Å². The van der Waals surface area contributed by atoms with Gasteiger partial charge < -0.3 is 28.6 Å². The lowest BCUT2D eigenvalue weighted by Crippen LogP contribution is -2.36. The second-order valence-corrected chi connectivity index (χ2v) is 6.52. The summed E-state index contributed by atoms with van der Waals surface area (Å²) in [6.45, 7) is 3.31. The van der Waals surface area contributed by atoms with Crippen LogP contribution in [0.1, 0.15) is 18.4 Å². The molecule has 164 valence electrons. The number of esters is 2. The molecule has 8 heteroatoms. The van der Waals surface area contributed by atoms with Crippen molar-refractivity contribution in [3.05, 3.63) is 35.9 Å². The van der Waals surface area contributed by atoms with Crippen LogP contribution in [0.2, 0.25) is 0 Å². The number of rotatable bonds is 16. The van der Waals surface area contributed by atoms with Gasteiger partial charge in [0.15, 0.2) is 0 Å². The Morgan fingerprint density at radius 2 is 1.59 bits per heavy atom. The van der Waals surface area contributed by atoms with Gasteiger partial charge in [-0.15, -0.1) is 0 Å². The monoisotopic (exact) mass is 411 g/mol. The van der Waals surface area contributed by atoms with Gasteiger partial charge in [0.1, 0.15) is 0 Å². The second-order valence-electron chi connectivity index (χ2n) is 6.52. The van der Waals surface area contributed by atoms with Crippen LogP contribution in [0.4, 0.5) is 0 Å². The number of hydrogen-bond acceptors (Lipinski definition) is 8. The van der Waals surface area contributed by atoms with Gasteiger partial charge in [0.25, 0.3) is 0 Å². The maximum Gasteiger partial charge on any atom is 0.307 e. The predicted molar refractivity (Wildman–Crippen MR) is 107 cm³/mol. The molecule has 0 saturated heterocycles. The third-order valence-electron chi connectivity index (χ3n) is 4.11. The first-order chi connectivity index (χ1) is 14.0. The Balaban J connectivity index is 2.31. The molecule has 1 rings (SSSR count). The third kappa shape index (κ3) is 13.0. The van der Waals surface area contributed by atoms with E-state index in [4.69, 9.17) is 14.2 Å². The minimum atomic E-state index is -0.321. The number of benzene rings is 1. The summed E-state index contributed by atoms with van der Waals surface area (Å²) in [6.07, 6.45) is 0.129. The summed E-state index contributed by atoms with van der Waals surface area (Å²) in [5, 5.41) is 0. The lowest BCUT2D eigenvalue weighted by Gasteiger charge is -2.24. The molecule has 0 aromatic heterocycles. The minimum absolute atomic E-state index is 0.180. The van der Waals surface area contributed by atoms with E-state index in [9.17, 15) is 9.59 Å². The molecule has 0 saturated carbocycles. The number of hydrogen-bond donors (Lipinski definition) is 0. The average molecular weight is 411 g/mol. The number of ether oxygens (including phenoxy) is 5. The van der Waals surface area contributed by atoms with E-state index in [1.54, 1.807) is 0 Å². The van der Waals surface area contributed by atoms with Gasteiger partial charge in [-0.05, 0) is 12.6 Å². The van der Waals surface area contributed by atoms with Crippen LogP contribution in [0.3, 0.4) is 0 Å². The second kappa shape index (κ2) is 15.9. The minimum Gasteiger partial charge on any atom is -0.469 e. The van der Waals surface area contributed by atoms with Crippen molar-refractivity contribution in [2.75, 3.05) is 60.8 Å². The van der Waals surface area contributed by atoms with E-state index in [0.29, 0.717) is 26.4 Å². The Kier molecular flexibility index (Phi) is 13.7. The molecule has 0 aliphatic heterocycles. The van der Waals surface area contributed by atoms with E-state index in [1.165, 1.54) is 14.2 Å². The van der Waals surface area contributed by atoms with E-state index in [2.05, 4.69) is 14.4 Å². The standard InChI is InChI=1S/C21H33NO7/c1-22(11-14-28-16-18-7-5-4-6-8-18)15-19(29-13-10-21(24)26-3)17-27-12-9-20(23)25-2/h4-8,19H,9-17H2,1-3H3. The van der Waals surface area contributed by atoms with Gasteiger partial charge in [0, 0.05) is 13.1 Å². The highest BCUT2D eigenvalue weighted by Gasteiger charge is 2.14. The van der Waals surface area contributed by atoms with E-state index in [0.717, 1.165) is 12.1 Å². The molecular weight excluding hydrogens is 378 g/mol. The summed E-state index contributed by atoms with van der Waals surface area (Å²) >= 11 is 0. The third-order valence-corrected chi connectivity index (χ3v) is 4.11. The Hall–Kier alpha value is -2.00. The van der Waals surface area contributed by atoms with Gasteiger partial charge in [0.05, 0.1) is 66.2 Å². The Bertz CT molecular complexity index is 567. The van der Waals surface area contributed by atoms with Crippen LogP contribution in [0, 0.1) is 0 Å². The summed E-state index contributed by atoms with van der Waals surface area (Å²) in [5.74, 6) is -0.640. The number of carbonyl (C=O) groups is 2. The van der Waals surface area contributed by atoms with Crippen molar-refractivity contribution in [3.63, 3.8) is 0 Å². The molecule has 0 amide bonds. The van der Waals surface area contributed by atoms with Gasteiger partial charge in [-0.3, -0.25) is 9.59 Å². The number of methoxy groups -OCH3 is 2. The van der Waals surface area contributed by atoms with Crippen molar-refractivity contribution in [3.8, 4) is 0 Å². The molecule has 0 spiro atoms. The molecule has 1 unspecified atom stereocenters. The molecule has 29 heavy (non-hydrogen) atoms. The lowest BCUT2D eigenvalue weighted by molar-refractivity contribution is -0.144. The molecule has 0 fully saturated rings. The zero-order valence-electron chi connectivity index (χ0n) is 17.6. The van der Waals surface area contributed by atoms with Crippen LogP contribution in [0.15, 0.2) is 30.3 Å². The number of carbonyl (C=O) groups excluding carboxylic acids is 2. The molecule has 0 radical (unpaired) electrons. The largest absolute Gasteiger partial charge is 0.469 e. The van der Waals surface area contributed by atoms with E-state index in [1.807, 2.05) is 37.4 Å². The first-order valence-corrected chi connectivity index (χ1v) is 9.68. The fraction of sp³-hybridized carbons (Fsp3) is 0.619.